The monoisotopic (exact) mass is 485 g/mol. The van der Waals surface area contributed by atoms with Gasteiger partial charge in [-0.3, -0.25) is 14.0 Å². The van der Waals surface area contributed by atoms with Crippen molar-refractivity contribution in [2.75, 3.05) is 26.3 Å². The van der Waals surface area contributed by atoms with E-state index in [-0.39, 0.29) is 35.3 Å². The van der Waals surface area contributed by atoms with Crippen LogP contribution in [0.2, 0.25) is 0 Å². The Morgan fingerprint density at radius 1 is 1.06 bits per heavy atom. The second-order valence-electron chi connectivity index (χ2n) is 8.91. The highest BCUT2D eigenvalue weighted by Crippen LogP contribution is 2.29. The maximum atomic E-state index is 15.0. The zero-order valence-electron chi connectivity index (χ0n) is 18.6. The molecule has 2 aromatic carbocycles. The molecule has 2 aromatic heterocycles. The predicted octanol–water partition coefficient (Wildman–Crippen LogP) is 3.62. The Morgan fingerprint density at radius 2 is 1.86 bits per heavy atom. The van der Waals surface area contributed by atoms with Gasteiger partial charge < -0.3 is 9.15 Å². The van der Waals surface area contributed by atoms with Gasteiger partial charge in [0.15, 0.2) is 0 Å². The number of nitrogens with zero attached hydrogens (tertiary/aromatic N) is 5. The molecule has 0 radical (unpaired) electrons. The first kappa shape index (κ1) is 22.1. The number of hydrogen-bond acceptors (Lipinski definition) is 6. The highest BCUT2D eigenvalue weighted by molar-refractivity contribution is 5.76. The van der Waals surface area contributed by atoms with Crippen LogP contribution >= 0.6 is 0 Å². The summed E-state index contributed by atoms with van der Waals surface area (Å²) < 4.78 is 54.1. The quantitative estimate of drug-likeness (QED) is 0.415. The van der Waals surface area contributed by atoms with Gasteiger partial charge in [0, 0.05) is 24.2 Å². The lowest BCUT2D eigenvalue weighted by molar-refractivity contribution is -0.0578. The molecule has 0 aliphatic carbocycles. The molecule has 0 spiro atoms. The molecule has 8 nitrogen and oxygen atoms in total. The standard InChI is InChI=1S/C24H22F3N5O3/c25-18-9-14(22-28-29-23(35-22)21(26)27)5-6-15(18)10-31-19-3-1-2-4-20(19)32(24(31)33)16-7-8-30(11-16)17-12-34-13-17/h1-6,9,16-17,21H,7-8,10-13H2. The molecular formula is C24H22F3N5O3. The van der Waals surface area contributed by atoms with E-state index >= 15 is 4.39 Å². The smallest absolute Gasteiger partial charge is 0.329 e. The molecule has 2 aliphatic rings. The van der Waals surface area contributed by atoms with E-state index in [1.54, 1.807) is 4.57 Å². The zero-order chi connectivity index (χ0) is 24.1. The Labute approximate surface area is 197 Å². The molecule has 35 heavy (non-hydrogen) atoms. The largest absolute Gasteiger partial charge is 0.415 e. The number of rotatable bonds is 6. The van der Waals surface area contributed by atoms with Crippen molar-refractivity contribution in [1.29, 1.82) is 0 Å². The molecule has 1 atom stereocenters. The summed E-state index contributed by atoms with van der Waals surface area (Å²) in [4.78, 5) is 15.9. The lowest BCUT2D eigenvalue weighted by atomic mass is 10.1. The number of fused-ring (bicyclic) bond motifs is 1. The Morgan fingerprint density at radius 3 is 2.54 bits per heavy atom. The van der Waals surface area contributed by atoms with Gasteiger partial charge in [0.1, 0.15) is 5.82 Å². The fourth-order valence-corrected chi connectivity index (χ4v) is 4.90. The van der Waals surface area contributed by atoms with Gasteiger partial charge in [0.2, 0.25) is 5.89 Å². The summed E-state index contributed by atoms with van der Waals surface area (Å²) >= 11 is 0. The highest BCUT2D eigenvalue weighted by atomic mass is 19.3. The van der Waals surface area contributed by atoms with Gasteiger partial charge in [-0.1, -0.05) is 18.2 Å². The third kappa shape index (κ3) is 3.84. The van der Waals surface area contributed by atoms with Crippen LogP contribution in [0.15, 0.2) is 51.7 Å². The van der Waals surface area contributed by atoms with Crippen LogP contribution < -0.4 is 5.69 Å². The van der Waals surface area contributed by atoms with Crippen LogP contribution in [0.25, 0.3) is 22.5 Å². The van der Waals surface area contributed by atoms with Crippen molar-refractivity contribution in [1.82, 2.24) is 24.2 Å². The second kappa shape index (κ2) is 8.65. The van der Waals surface area contributed by atoms with Crippen molar-refractivity contribution in [3.8, 4) is 11.5 Å². The number of alkyl halides is 2. The molecule has 2 aliphatic heterocycles. The Bertz CT molecular complexity index is 1440. The van der Waals surface area contributed by atoms with Gasteiger partial charge in [0.25, 0.3) is 5.89 Å². The van der Waals surface area contributed by atoms with Crippen molar-refractivity contribution in [2.24, 2.45) is 0 Å². The topological polar surface area (TPSA) is 78.3 Å². The van der Waals surface area contributed by atoms with Crippen LogP contribution in [0, 0.1) is 5.82 Å². The first-order valence-electron chi connectivity index (χ1n) is 11.4. The van der Waals surface area contributed by atoms with Crippen LogP contribution in [-0.2, 0) is 11.3 Å². The molecule has 2 saturated heterocycles. The number of ether oxygens (including phenoxy) is 1. The summed E-state index contributed by atoms with van der Waals surface area (Å²) in [6.07, 6.45) is -2.04. The SMILES string of the molecule is O=c1n(Cc2ccc(-c3nnc(C(F)F)o3)cc2F)c2ccccc2n1C1CCN(C2COC2)C1. The molecule has 0 bridgehead atoms. The van der Waals surface area contributed by atoms with E-state index in [0.29, 0.717) is 6.04 Å². The molecule has 1 unspecified atom stereocenters. The van der Waals surface area contributed by atoms with E-state index in [1.807, 2.05) is 28.8 Å². The van der Waals surface area contributed by atoms with Gasteiger partial charge in [-0.2, -0.15) is 8.78 Å². The first-order valence-corrected chi connectivity index (χ1v) is 11.4. The van der Waals surface area contributed by atoms with Crippen molar-refractivity contribution < 1.29 is 22.3 Å². The molecular weight excluding hydrogens is 463 g/mol. The molecule has 4 aromatic rings. The summed E-state index contributed by atoms with van der Waals surface area (Å²) in [6, 6.07) is 12.1. The fourth-order valence-electron chi connectivity index (χ4n) is 4.90. The zero-order valence-corrected chi connectivity index (χ0v) is 18.6. The molecule has 4 heterocycles. The second-order valence-corrected chi connectivity index (χ2v) is 8.91. The third-order valence-electron chi connectivity index (χ3n) is 6.82. The summed E-state index contributed by atoms with van der Waals surface area (Å²) in [5.74, 6) is -1.61. The minimum Gasteiger partial charge on any atom is -0.415 e. The van der Waals surface area contributed by atoms with Gasteiger partial charge in [-0.25, -0.2) is 9.18 Å². The van der Waals surface area contributed by atoms with E-state index in [9.17, 15) is 13.6 Å². The van der Waals surface area contributed by atoms with E-state index in [2.05, 4.69) is 15.1 Å². The van der Waals surface area contributed by atoms with E-state index in [0.717, 1.165) is 49.8 Å². The summed E-state index contributed by atoms with van der Waals surface area (Å²) in [5, 5.41) is 6.84. The molecule has 2 fully saturated rings. The van der Waals surface area contributed by atoms with Crippen molar-refractivity contribution in [3.05, 3.63) is 70.2 Å². The Balaban J connectivity index is 1.31. The van der Waals surface area contributed by atoms with Crippen molar-refractivity contribution >= 4 is 11.0 Å². The lowest BCUT2D eigenvalue weighted by Crippen LogP contribution is -2.48. The summed E-state index contributed by atoms with van der Waals surface area (Å²) in [5.41, 5.74) is 1.82. The van der Waals surface area contributed by atoms with Crippen LogP contribution in [-0.4, -0.2) is 56.6 Å². The van der Waals surface area contributed by atoms with Crippen LogP contribution in [0.5, 0.6) is 0 Å². The van der Waals surface area contributed by atoms with Crippen LogP contribution in [0.4, 0.5) is 13.2 Å². The molecule has 11 heteroatoms. The molecule has 0 saturated carbocycles. The Hall–Kier alpha value is -3.44. The number of likely N-dealkylation sites (tertiary alicyclic amines) is 1. The average molecular weight is 485 g/mol. The van der Waals surface area contributed by atoms with Crippen molar-refractivity contribution in [2.45, 2.75) is 31.5 Å². The molecule has 6 rings (SSSR count). The highest BCUT2D eigenvalue weighted by Gasteiger charge is 2.34. The number of aromatic nitrogens is 4. The Kier molecular flexibility index (Phi) is 5.45. The lowest BCUT2D eigenvalue weighted by Gasteiger charge is -2.34. The van der Waals surface area contributed by atoms with E-state index in [4.69, 9.17) is 9.15 Å². The molecule has 0 N–H and O–H groups in total. The van der Waals surface area contributed by atoms with Gasteiger partial charge >= 0.3 is 12.1 Å². The first-order chi connectivity index (χ1) is 17.0. The number of benzene rings is 2. The van der Waals surface area contributed by atoms with Gasteiger partial charge in [0.05, 0.1) is 42.9 Å². The van der Waals surface area contributed by atoms with E-state index < -0.39 is 18.1 Å². The minimum atomic E-state index is -2.90. The predicted molar refractivity (Wildman–Crippen MR) is 120 cm³/mol. The van der Waals surface area contributed by atoms with Crippen LogP contribution in [0.3, 0.4) is 0 Å². The van der Waals surface area contributed by atoms with Gasteiger partial charge in [-0.05, 0) is 30.7 Å². The van der Waals surface area contributed by atoms with Crippen molar-refractivity contribution in [3.63, 3.8) is 0 Å². The maximum Gasteiger partial charge on any atom is 0.329 e. The van der Waals surface area contributed by atoms with E-state index in [1.165, 1.54) is 12.1 Å². The summed E-state index contributed by atoms with van der Waals surface area (Å²) in [7, 11) is 0. The number of imidazole rings is 1. The molecule has 0 amide bonds. The molecule has 182 valence electrons. The number of halogens is 3. The van der Waals surface area contributed by atoms with Gasteiger partial charge in [-0.15, -0.1) is 10.2 Å². The number of para-hydroxylation sites is 2. The summed E-state index contributed by atoms with van der Waals surface area (Å²) in [6.45, 7) is 3.16. The third-order valence-corrected chi connectivity index (χ3v) is 6.82. The normalized spacial score (nSPS) is 19.1. The van der Waals surface area contributed by atoms with Crippen LogP contribution in [0.1, 0.15) is 30.3 Å². The maximum absolute atomic E-state index is 15.0. The fraction of sp³-hybridized carbons (Fsp3) is 0.375. The minimum absolute atomic E-state index is 0.0253. The number of hydrogen-bond donors (Lipinski definition) is 0. The average Bonchev–Trinajstić information content (AvgIpc) is 3.53.